The van der Waals surface area contributed by atoms with Crippen molar-refractivity contribution in [2.45, 2.75) is 71.0 Å². The number of rotatable bonds is 7. The molecule has 0 aliphatic heterocycles. The van der Waals surface area contributed by atoms with Crippen LogP contribution in [0.1, 0.15) is 68.7 Å². The van der Waals surface area contributed by atoms with E-state index in [9.17, 15) is 4.79 Å². The smallest absolute Gasteiger partial charge is 0.322 e. The predicted molar refractivity (Wildman–Crippen MR) is 137 cm³/mol. The maximum atomic E-state index is 13.5. The van der Waals surface area contributed by atoms with Crippen molar-refractivity contribution in [1.29, 1.82) is 0 Å². The molecule has 1 aliphatic rings. The van der Waals surface area contributed by atoms with E-state index in [4.69, 9.17) is 11.6 Å². The van der Waals surface area contributed by atoms with Gasteiger partial charge in [0.2, 0.25) is 0 Å². The Labute approximate surface area is 202 Å². The molecule has 0 spiro atoms. The zero-order valence-electron chi connectivity index (χ0n) is 19.6. The minimum absolute atomic E-state index is 0.0234. The number of carbonyl (C=O) groups excluding carboxylic acids is 1. The number of halogens is 1. The summed E-state index contributed by atoms with van der Waals surface area (Å²) < 4.78 is 2.20. The fraction of sp³-hybridized carbons (Fsp3) is 0.393. The van der Waals surface area contributed by atoms with Gasteiger partial charge in [0.15, 0.2) is 0 Å². The molecule has 1 N–H and O–H groups in total. The van der Waals surface area contributed by atoms with Gasteiger partial charge in [0.1, 0.15) is 0 Å². The van der Waals surface area contributed by atoms with Crippen LogP contribution >= 0.6 is 11.6 Å². The second-order valence-corrected chi connectivity index (χ2v) is 9.75. The largest absolute Gasteiger partial charge is 0.345 e. The molecule has 1 heterocycles. The monoisotopic (exact) mass is 463 g/mol. The van der Waals surface area contributed by atoms with E-state index in [1.807, 2.05) is 41.3 Å². The molecule has 1 aliphatic carbocycles. The van der Waals surface area contributed by atoms with Crippen LogP contribution in [0.3, 0.4) is 0 Å². The molecule has 0 bridgehead atoms. The standard InChI is InChI=1S/C28H34ClN3O/c1-21(2)22-14-16-24(17-15-22)30-28(33)32(25-10-4-3-5-11-25)20-26-12-8-18-31(26)19-23-9-6-7-13-27(23)29/h6-9,12-18,21,25H,3-5,10-11,19-20H2,1-2H3,(H,30,33). The molecule has 3 aromatic rings. The predicted octanol–water partition coefficient (Wildman–Crippen LogP) is 7.68. The number of nitrogens with one attached hydrogen (secondary N) is 1. The Morgan fingerprint density at radius 3 is 2.45 bits per heavy atom. The molecule has 4 nitrogen and oxygen atoms in total. The van der Waals surface area contributed by atoms with Crippen molar-refractivity contribution in [1.82, 2.24) is 9.47 Å². The lowest BCUT2D eigenvalue weighted by molar-refractivity contribution is 0.161. The highest BCUT2D eigenvalue weighted by Gasteiger charge is 2.26. The van der Waals surface area contributed by atoms with Crippen molar-refractivity contribution < 1.29 is 4.79 Å². The van der Waals surface area contributed by atoms with Gasteiger partial charge in [-0.05, 0) is 60.2 Å². The van der Waals surface area contributed by atoms with E-state index in [0.717, 1.165) is 34.8 Å². The molecule has 1 saturated carbocycles. The van der Waals surface area contributed by atoms with E-state index in [1.165, 1.54) is 24.8 Å². The zero-order chi connectivity index (χ0) is 23.2. The highest BCUT2D eigenvalue weighted by atomic mass is 35.5. The normalized spacial score (nSPS) is 14.4. The van der Waals surface area contributed by atoms with Crippen molar-refractivity contribution in [3.8, 4) is 0 Å². The SMILES string of the molecule is CC(C)c1ccc(NC(=O)N(Cc2cccn2Cc2ccccc2Cl)C2CCCCC2)cc1. The summed E-state index contributed by atoms with van der Waals surface area (Å²) >= 11 is 6.40. The number of nitrogens with zero attached hydrogens (tertiary/aromatic N) is 2. The molecule has 2 amide bonds. The second kappa shape index (κ2) is 10.9. The van der Waals surface area contributed by atoms with Crippen LogP contribution in [0.15, 0.2) is 66.9 Å². The summed E-state index contributed by atoms with van der Waals surface area (Å²) in [5.74, 6) is 0.472. The maximum Gasteiger partial charge on any atom is 0.322 e. The van der Waals surface area contributed by atoms with Gasteiger partial charge in [0.25, 0.3) is 0 Å². The highest BCUT2D eigenvalue weighted by Crippen LogP contribution is 2.26. The summed E-state index contributed by atoms with van der Waals surface area (Å²) in [6.45, 7) is 5.63. The van der Waals surface area contributed by atoms with E-state index >= 15 is 0 Å². The van der Waals surface area contributed by atoms with Crippen LogP contribution in [0.4, 0.5) is 10.5 Å². The van der Waals surface area contributed by atoms with Gasteiger partial charge >= 0.3 is 6.03 Å². The number of amides is 2. The van der Waals surface area contributed by atoms with Gasteiger partial charge in [0, 0.05) is 35.2 Å². The highest BCUT2D eigenvalue weighted by molar-refractivity contribution is 6.31. The van der Waals surface area contributed by atoms with Crippen LogP contribution < -0.4 is 5.32 Å². The van der Waals surface area contributed by atoms with Gasteiger partial charge in [-0.3, -0.25) is 0 Å². The Hall–Kier alpha value is -2.72. The number of hydrogen-bond acceptors (Lipinski definition) is 1. The third kappa shape index (κ3) is 6.00. The Kier molecular flexibility index (Phi) is 7.77. The van der Waals surface area contributed by atoms with Crippen LogP contribution in [0.2, 0.25) is 5.02 Å². The minimum Gasteiger partial charge on any atom is -0.345 e. The van der Waals surface area contributed by atoms with Crippen molar-refractivity contribution in [2.75, 3.05) is 5.32 Å². The lowest BCUT2D eigenvalue weighted by Crippen LogP contribution is -2.43. The molecular weight excluding hydrogens is 430 g/mol. The van der Waals surface area contributed by atoms with Gasteiger partial charge in [-0.1, -0.05) is 75.0 Å². The summed E-state index contributed by atoms with van der Waals surface area (Å²) in [6.07, 6.45) is 7.80. The molecule has 5 heteroatoms. The molecule has 0 atom stereocenters. The van der Waals surface area contributed by atoms with Gasteiger partial charge in [-0.2, -0.15) is 0 Å². The molecule has 174 valence electrons. The van der Waals surface area contributed by atoms with Gasteiger partial charge in [0.05, 0.1) is 6.54 Å². The van der Waals surface area contributed by atoms with Gasteiger partial charge < -0.3 is 14.8 Å². The summed E-state index contributed by atoms with van der Waals surface area (Å²) in [4.78, 5) is 15.5. The zero-order valence-corrected chi connectivity index (χ0v) is 20.4. The summed E-state index contributed by atoms with van der Waals surface area (Å²) in [6, 6.07) is 20.5. The first kappa shape index (κ1) is 23.4. The van der Waals surface area contributed by atoms with Crippen LogP contribution in [-0.2, 0) is 13.1 Å². The Balaban J connectivity index is 1.52. The minimum atomic E-state index is -0.0234. The first-order chi connectivity index (χ1) is 16.0. The molecule has 1 aromatic heterocycles. The molecule has 0 radical (unpaired) electrons. The van der Waals surface area contributed by atoms with E-state index in [0.29, 0.717) is 19.0 Å². The number of anilines is 1. The number of hydrogen-bond donors (Lipinski definition) is 1. The quantitative estimate of drug-likeness (QED) is 0.383. The molecule has 0 unspecified atom stereocenters. The number of carbonyl (C=O) groups is 1. The third-order valence-corrected chi connectivity index (χ3v) is 7.03. The lowest BCUT2D eigenvalue weighted by Gasteiger charge is -2.34. The summed E-state index contributed by atoms with van der Waals surface area (Å²) in [5, 5.41) is 3.92. The average Bonchev–Trinajstić information content (AvgIpc) is 3.26. The number of urea groups is 1. The van der Waals surface area contributed by atoms with Crippen molar-refractivity contribution >= 4 is 23.3 Å². The van der Waals surface area contributed by atoms with Gasteiger partial charge in [-0.15, -0.1) is 0 Å². The summed E-state index contributed by atoms with van der Waals surface area (Å²) in [5.41, 5.74) is 4.31. The summed E-state index contributed by atoms with van der Waals surface area (Å²) in [7, 11) is 0. The Bertz CT molecular complexity index is 1050. The van der Waals surface area contributed by atoms with Crippen LogP contribution in [0, 0.1) is 0 Å². The number of aromatic nitrogens is 1. The molecule has 2 aromatic carbocycles. The van der Waals surface area contributed by atoms with Crippen molar-refractivity contribution in [3.05, 3.63) is 88.7 Å². The van der Waals surface area contributed by atoms with Crippen molar-refractivity contribution in [2.24, 2.45) is 0 Å². The number of benzene rings is 2. The van der Waals surface area contributed by atoms with E-state index in [-0.39, 0.29) is 12.1 Å². The maximum absolute atomic E-state index is 13.5. The molecule has 0 saturated heterocycles. The second-order valence-electron chi connectivity index (χ2n) is 9.35. The Morgan fingerprint density at radius 1 is 1.03 bits per heavy atom. The first-order valence-electron chi connectivity index (χ1n) is 12.1. The fourth-order valence-corrected chi connectivity index (χ4v) is 4.83. The van der Waals surface area contributed by atoms with E-state index in [2.05, 4.69) is 54.2 Å². The topological polar surface area (TPSA) is 37.3 Å². The van der Waals surface area contributed by atoms with Crippen LogP contribution in [0.25, 0.3) is 0 Å². The van der Waals surface area contributed by atoms with E-state index < -0.39 is 0 Å². The molecule has 4 rings (SSSR count). The van der Waals surface area contributed by atoms with Gasteiger partial charge in [-0.25, -0.2) is 4.79 Å². The first-order valence-corrected chi connectivity index (χ1v) is 12.4. The molecular formula is C28H34ClN3O. The molecule has 33 heavy (non-hydrogen) atoms. The molecule has 1 fully saturated rings. The Morgan fingerprint density at radius 2 is 1.76 bits per heavy atom. The lowest BCUT2D eigenvalue weighted by atomic mass is 9.94. The van der Waals surface area contributed by atoms with Crippen LogP contribution in [0.5, 0.6) is 0 Å². The average molecular weight is 464 g/mol. The fourth-order valence-electron chi connectivity index (χ4n) is 4.64. The van der Waals surface area contributed by atoms with Crippen molar-refractivity contribution in [3.63, 3.8) is 0 Å². The van der Waals surface area contributed by atoms with E-state index in [1.54, 1.807) is 0 Å². The van der Waals surface area contributed by atoms with Crippen LogP contribution in [-0.4, -0.2) is 21.5 Å². The third-order valence-electron chi connectivity index (χ3n) is 6.66.